The molecule has 1 fully saturated rings. The zero-order valence-corrected chi connectivity index (χ0v) is 15.1. The van der Waals surface area contributed by atoms with Gasteiger partial charge >= 0.3 is 0 Å². The Balaban J connectivity index is 1.79. The Kier molecular flexibility index (Phi) is 5.38. The molecule has 0 spiro atoms. The number of likely N-dealkylation sites (tertiary alicyclic amines) is 1. The van der Waals surface area contributed by atoms with Crippen LogP contribution in [0.1, 0.15) is 35.8 Å². The minimum Gasteiger partial charge on any atom is -0.494 e. The first-order valence-electron chi connectivity index (χ1n) is 8.74. The summed E-state index contributed by atoms with van der Waals surface area (Å²) < 4.78 is 12.8. The lowest BCUT2D eigenvalue weighted by atomic mass is 10.1. The minimum absolute atomic E-state index is 0.0465. The van der Waals surface area contributed by atoms with Gasteiger partial charge in [0.2, 0.25) is 0 Å². The normalized spacial score (nSPS) is 17.6. The number of carbonyl (C=O) groups excluding carboxylic acids is 1. The number of amides is 1. The number of aryl methyl sites for hydroxylation is 1. The molecule has 1 saturated heterocycles. The molecule has 3 rings (SSSR count). The number of nitrogens with zero attached hydrogens (tertiary/aromatic N) is 3. The van der Waals surface area contributed by atoms with Crippen LogP contribution >= 0.6 is 0 Å². The first-order valence-corrected chi connectivity index (χ1v) is 8.74. The minimum atomic E-state index is -0.0465. The van der Waals surface area contributed by atoms with E-state index in [0.29, 0.717) is 18.8 Å². The number of carbonyl (C=O) groups is 1. The van der Waals surface area contributed by atoms with Gasteiger partial charge in [-0.05, 0) is 50.5 Å². The van der Waals surface area contributed by atoms with Crippen molar-refractivity contribution in [2.45, 2.75) is 32.8 Å². The van der Waals surface area contributed by atoms with Crippen LogP contribution in [0, 0.1) is 6.92 Å². The number of ether oxygens (including phenoxy) is 2. The fourth-order valence-electron chi connectivity index (χ4n) is 3.21. The van der Waals surface area contributed by atoms with E-state index in [-0.39, 0.29) is 12.0 Å². The standard InChI is InChI=1S/C19H25N3O3/c1-4-25-15-6-5-10-21(13-15)19(23)16-9-11-22(20-16)17-12-14(2)7-8-18(17)24-3/h7-9,11-12,15H,4-6,10,13H2,1-3H3/t15-/m0/s1. The molecular formula is C19H25N3O3. The quantitative estimate of drug-likeness (QED) is 0.838. The predicted octanol–water partition coefficient (Wildman–Crippen LogP) is 2.83. The number of hydrogen-bond acceptors (Lipinski definition) is 4. The molecule has 0 unspecified atom stereocenters. The summed E-state index contributed by atoms with van der Waals surface area (Å²) in [7, 11) is 1.63. The van der Waals surface area contributed by atoms with E-state index in [1.165, 1.54) is 0 Å². The highest BCUT2D eigenvalue weighted by atomic mass is 16.5. The maximum absolute atomic E-state index is 12.8. The molecule has 1 aliphatic rings. The van der Waals surface area contributed by atoms with Crippen molar-refractivity contribution in [3.63, 3.8) is 0 Å². The summed E-state index contributed by atoms with van der Waals surface area (Å²) in [5.74, 6) is 0.678. The summed E-state index contributed by atoms with van der Waals surface area (Å²) in [6.45, 7) is 6.06. The number of aromatic nitrogens is 2. The van der Waals surface area contributed by atoms with E-state index in [1.807, 2.05) is 36.9 Å². The molecule has 6 heteroatoms. The Morgan fingerprint density at radius 1 is 1.36 bits per heavy atom. The summed E-state index contributed by atoms with van der Waals surface area (Å²) in [6.07, 6.45) is 3.89. The van der Waals surface area contributed by atoms with Crippen LogP contribution < -0.4 is 4.74 Å². The van der Waals surface area contributed by atoms with Crippen LogP contribution in [0.4, 0.5) is 0 Å². The summed E-state index contributed by atoms with van der Waals surface area (Å²) in [6, 6.07) is 7.64. The summed E-state index contributed by atoms with van der Waals surface area (Å²) in [5.41, 5.74) is 2.38. The van der Waals surface area contributed by atoms with Gasteiger partial charge in [0, 0.05) is 25.9 Å². The largest absolute Gasteiger partial charge is 0.494 e. The van der Waals surface area contributed by atoms with Crippen molar-refractivity contribution in [3.8, 4) is 11.4 Å². The van der Waals surface area contributed by atoms with Crippen molar-refractivity contribution < 1.29 is 14.3 Å². The molecule has 1 aliphatic heterocycles. The third-order valence-corrected chi connectivity index (χ3v) is 4.46. The Hall–Kier alpha value is -2.34. The molecule has 1 aromatic carbocycles. The van der Waals surface area contributed by atoms with E-state index in [9.17, 15) is 4.79 Å². The van der Waals surface area contributed by atoms with E-state index in [0.717, 1.165) is 36.4 Å². The average Bonchev–Trinajstić information content (AvgIpc) is 3.11. The lowest BCUT2D eigenvalue weighted by Crippen LogP contribution is -2.43. The highest BCUT2D eigenvalue weighted by Crippen LogP contribution is 2.24. The van der Waals surface area contributed by atoms with Crippen molar-refractivity contribution in [2.24, 2.45) is 0 Å². The highest BCUT2D eigenvalue weighted by Gasteiger charge is 2.26. The maximum Gasteiger partial charge on any atom is 0.274 e. The molecule has 0 radical (unpaired) electrons. The van der Waals surface area contributed by atoms with Gasteiger partial charge in [-0.3, -0.25) is 4.79 Å². The van der Waals surface area contributed by atoms with Gasteiger partial charge in [-0.1, -0.05) is 6.07 Å². The number of methoxy groups -OCH3 is 1. The molecule has 1 amide bonds. The van der Waals surface area contributed by atoms with Gasteiger partial charge in [0.15, 0.2) is 5.69 Å². The molecule has 6 nitrogen and oxygen atoms in total. The molecule has 0 saturated carbocycles. The third-order valence-electron chi connectivity index (χ3n) is 4.46. The van der Waals surface area contributed by atoms with Gasteiger partial charge in [-0.15, -0.1) is 0 Å². The van der Waals surface area contributed by atoms with E-state index in [1.54, 1.807) is 24.1 Å². The van der Waals surface area contributed by atoms with E-state index in [2.05, 4.69) is 5.10 Å². The zero-order chi connectivity index (χ0) is 17.8. The SMILES string of the molecule is CCO[C@H]1CCCN(C(=O)c2ccn(-c3cc(C)ccc3OC)n2)C1. The van der Waals surface area contributed by atoms with Crippen LogP contribution in [0.5, 0.6) is 5.75 Å². The first-order chi connectivity index (χ1) is 12.1. The Morgan fingerprint density at radius 3 is 2.96 bits per heavy atom. The molecule has 0 bridgehead atoms. The van der Waals surface area contributed by atoms with Crippen molar-refractivity contribution >= 4 is 5.91 Å². The van der Waals surface area contributed by atoms with E-state index < -0.39 is 0 Å². The van der Waals surface area contributed by atoms with Gasteiger partial charge in [-0.25, -0.2) is 4.68 Å². The van der Waals surface area contributed by atoms with Crippen LogP contribution in [0.3, 0.4) is 0 Å². The molecule has 25 heavy (non-hydrogen) atoms. The van der Waals surface area contributed by atoms with Crippen molar-refractivity contribution in [1.29, 1.82) is 0 Å². The van der Waals surface area contributed by atoms with E-state index in [4.69, 9.17) is 9.47 Å². The lowest BCUT2D eigenvalue weighted by Gasteiger charge is -2.32. The molecule has 1 aromatic heterocycles. The van der Waals surface area contributed by atoms with Crippen LogP contribution in [-0.2, 0) is 4.74 Å². The summed E-state index contributed by atoms with van der Waals surface area (Å²) >= 11 is 0. The molecular weight excluding hydrogens is 318 g/mol. The van der Waals surface area contributed by atoms with Crippen LogP contribution in [-0.4, -0.2) is 53.5 Å². The molecule has 2 aromatic rings. The van der Waals surface area contributed by atoms with Crippen molar-refractivity contribution in [2.75, 3.05) is 26.8 Å². The maximum atomic E-state index is 12.8. The number of hydrogen-bond donors (Lipinski definition) is 0. The molecule has 1 atom stereocenters. The number of piperidine rings is 1. The van der Waals surface area contributed by atoms with Gasteiger partial charge in [-0.2, -0.15) is 5.10 Å². The topological polar surface area (TPSA) is 56.6 Å². The fraction of sp³-hybridized carbons (Fsp3) is 0.474. The molecule has 134 valence electrons. The van der Waals surface area contributed by atoms with Gasteiger partial charge < -0.3 is 14.4 Å². The van der Waals surface area contributed by atoms with Crippen molar-refractivity contribution in [3.05, 3.63) is 41.7 Å². The van der Waals surface area contributed by atoms with Gasteiger partial charge in [0.1, 0.15) is 11.4 Å². The highest BCUT2D eigenvalue weighted by molar-refractivity contribution is 5.92. The third kappa shape index (κ3) is 3.85. The first kappa shape index (κ1) is 17.5. The monoisotopic (exact) mass is 343 g/mol. The second-order valence-electron chi connectivity index (χ2n) is 6.29. The van der Waals surface area contributed by atoms with Crippen LogP contribution in [0.15, 0.2) is 30.5 Å². The Bertz CT molecular complexity index is 739. The van der Waals surface area contributed by atoms with Gasteiger partial charge in [0.25, 0.3) is 5.91 Å². The predicted molar refractivity (Wildman–Crippen MR) is 95.4 cm³/mol. The Morgan fingerprint density at radius 2 is 2.20 bits per heavy atom. The zero-order valence-electron chi connectivity index (χ0n) is 15.1. The summed E-state index contributed by atoms with van der Waals surface area (Å²) in [4.78, 5) is 14.6. The van der Waals surface area contributed by atoms with Gasteiger partial charge in [0.05, 0.1) is 13.2 Å². The van der Waals surface area contributed by atoms with E-state index >= 15 is 0 Å². The number of rotatable bonds is 5. The average molecular weight is 343 g/mol. The number of benzene rings is 1. The van der Waals surface area contributed by atoms with Crippen LogP contribution in [0.2, 0.25) is 0 Å². The molecule has 0 aliphatic carbocycles. The summed E-state index contributed by atoms with van der Waals surface area (Å²) in [5, 5.41) is 4.48. The smallest absolute Gasteiger partial charge is 0.274 e. The van der Waals surface area contributed by atoms with Crippen LogP contribution in [0.25, 0.3) is 5.69 Å². The second-order valence-corrected chi connectivity index (χ2v) is 6.29. The second kappa shape index (κ2) is 7.70. The molecule has 2 heterocycles. The Labute approximate surface area is 148 Å². The fourth-order valence-corrected chi connectivity index (χ4v) is 3.21. The molecule has 0 N–H and O–H groups in total. The van der Waals surface area contributed by atoms with Crippen molar-refractivity contribution in [1.82, 2.24) is 14.7 Å². The lowest BCUT2D eigenvalue weighted by molar-refractivity contribution is 0.00702.